The average Bonchev–Trinajstić information content (AvgIpc) is 2.79. The molecule has 9 nitrogen and oxygen atoms in total. The molecule has 0 aliphatic rings. The summed E-state index contributed by atoms with van der Waals surface area (Å²) in [5.74, 6) is -0.803. The lowest BCUT2D eigenvalue weighted by atomic mass is 10.1. The summed E-state index contributed by atoms with van der Waals surface area (Å²) in [5.41, 5.74) is -0.0567. The molecule has 1 atom stereocenters. The zero-order valence-corrected chi connectivity index (χ0v) is 23.5. The number of nitrogens with zero attached hydrogens (tertiary/aromatic N) is 1. The summed E-state index contributed by atoms with van der Waals surface area (Å²) in [6.45, 7) is 8.34. The number of esters is 1. The zero-order valence-electron chi connectivity index (χ0n) is 21.1. The minimum atomic E-state index is -4.26. The molecule has 0 aromatic heterocycles. The number of alkyl carbamates (subject to hydrolysis) is 1. The zero-order chi connectivity index (χ0) is 26.9. The molecule has 0 fully saturated rings. The molecule has 0 unspecified atom stereocenters. The van der Waals surface area contributed by atoms with Gasteiger partial charge in [-0.3, -0.25) is 9.63 Å². The van der Waals surface area contributed by atoms with E-state index in [-0.39, 0.29) is 24.5 Å². The van der Waals surface area contributed by atoms with Crippen LogP contribution in [-0.2, 0) is 35.7 Å². The topological polar surface area (TPSA) is 111 Å². The maximum Gasteiger partial charge on any atom is 0.407 e. The molecule has 0 saturated carbocycles. The molecule has 0 aliphatic heterocycles. The van der Waals surface area contributed by atoms with Crippen LogP contribution in [0.2, 0.25) is 0 Å². The largest absolute Gasteiger partial charge is 0.459 e. The van der Waals surface area contributed by atoms with Gasteiger partial charge in [0.1, 0.15) is 12.2 Å². The highest BCUT2D eigenvalue weighted by atomic mass is 79.9. The van der Waals surface area contributed by atoms with Crippen LogP contribution in [0, 0.1) is 0 Å². The van der Waals surface area contributed by atoms with Crippen LogP contribution in [-0.4, -0.2) is 49.2 Å². The number of hydroxylamine groups is 1. The standard InChI is InChI=1S/C25H33BrN2O7S/c1-18(2)35-28(36(31,32)21-13-11-20(26)12-14-21)22(23(29)34-25(3,4)5)15-16-27-24(30)33-17-19-9-7-6-8-10-19/h6-14,18,22H,15-17H2,1-5H3,(H,27,30)/t22-/m1/s1. The van der Waals surface area contributed by atoms with Gasteiger partial charge in [0.05, 0.1) is 11.0 Å². The number of halogens is 1. The lowest BCUT2D eigenvalue weighted by Crippen LogP contribution is -2.49. The molecule has 0 spiro atoms. The summed E-state index contributed by atoms with van der Waals surface area (Å²) in [4.78, 5) is 30.9. The van der Waals surface area contributed by atoms with Gasteiger partial charge in [-0.25, -0.2) is 13.2 Å². The van der Waals surface area contributed by atoms with Crippen molar-refractivity contribution in [3.05, 3.63) is 64.6 Å². The molecule has 0 saturated heterocycles. The molecule has 36 heavy (non-hydrogen) atoms. The van der Waals surface area contributed by atoms with Crippen LogP contribution in [0.25, 0.3) is 0 Å². The fraction of sp³-hybridized carbons (Fsp3) is 0.440. The Balaban J connectivity index is 2.23. The Hall–Kier alpha value is -2.47. The lowest BCUT2D eigenvalue weighted by Gasteiger charge is -2.32. The van der Waals surface area contributed by atoms with Crippen LogP contribution in [0.4, 0.5) is 4.79 Å². The third-order valence-corrected chi connectivity index (χ3v) is 6.71. The predicted molar refractivity (Wildman–Crippen MR) is 138 cm³/mol. The second-order valence-corrected chi connectivity index (χ2v) is 11.9. The Morgan fingerprint density at radius 3 is 2.19 bits per heavy atom. The lowest BCUT2D eigenvalue weighted by molar-refractivity contribution is -0.186. The van der Waals surface area contributed by atoms with Gasteiger partial charge < -0.3 is 14.8 Å². The number of ether oxygens (including phenoxy) is 2. The maximum absolute atomic E-state index is 13.5. The monoisotopic (exact) mass is 584 g/mol. The van der Waals surface area contributed by atoms with E-state index in [0.717, 1.165) is 5.56 Å². The van der Waals surface area contributed by atoms with E-state index in [9.17, 15) is 18.0 Å². The van der Waals surface area contributed by atoms with E-state index in [1.807, 2.05) is 30.3 Å². The van der Waals surface area contributed by atoms with Crippen LogP contribution >= 0.6 is 15.9 Å². The number of carbonyl (C=O) groups is 2. The highest BCUT2D eigenvalue weighted by Gasteiger charge is 2.40. The van der Waals surface area contributed by atoms with Crippen molar-refractivity contribution >= 4 is 38.0 Å². The summed E-state index contributed by atoms with van der Waals surface area (Å²) in [6.07, 6.45) is -1.38. The quantitative estimate of drug-likeness (QED) is 0.298. The summed E-state index contributed by atoms with van der Waals surface area (Å²) >= 11 is 3.28. The van der Waals surface area contributed by atoms with Crippen LogP contribution < -0.4 is 5.32 Å². The van der Waals surface area contributed by atoms with Gasteiger partial charge >= 0.3 is 12.1 Å². The molecular formula is C25H33BrN2O7S. The van der Waals surface area contributed by atoms with Gasteiger partial charge in [-0.1, -0.05) is 50.7 Å². The van der Waals surface area contributed by atoms with E-state index in [4.69, 9.17) is 14.3 Å². The predicted octanol–water partition coefficient (Wildman–Crippen LogP) is 4.81. The van der Waals surface area contributed by atoms with E-state index in [1.165, 1.54) is 12.1 Å². The number of rotatable bonds is 11. The Bertz CT molecular complexity index is 1100. The molecule has 2 aromatic rings. The molecule has 0 bridgehead atoms. The minimum Gasteiger partial charge on any atom is -0.459 e. The Kier molecular flexibility index (Phi) is 10.9. The molecular weight excluding hydrogens is 552 g/mol. The highest BCUT2D eigenvalue weighted by Crippen LogP contribution is 2.25. The van der Waals surface area contributed by atoms with E-state index in [0.29, 0.717) is 8.94 Å². The molecule has 2 aromatic carbocycles. The number of nitrogens with one attached hydrogen (secondary N) is 1. The molecule has 0 heterocycles. The molecule has 1 amide bonds. The van der Waals surface area contributed by atoms with Gasteiger partial charge in [-0.15, -0.1) is 0 Å². The van der Waals surface area contributed by atoms with Gasteiger partial charge in [0.2, 0.25) is 0 Å². The number of hydrogen-bond donors (Lipinski definition) is 1. The molecule has 0 radical (unpaired) electrons. The first-order valence-corrected chi connectivity index (χ1v) is 13.7. The van der Waals surface area contributed by atoms with E-state index in [2.05, 4.69) is 21.2 Å². The van der Waals surface area contributed by atoms with Crippen molar-refractivity contribution in [2.45, 2.75) is 70.3 Å². The molecule has 0 aliphatic carbocycles. The molecule has 1 N–H and O–H groups in total. The fourth-order valence-electron chi connectivity index (χ4n) is 2.98. The normalized spacial score (nSPS) is 12.9. The summed E-state index contributed by atoms with van der Waals surface area (Å²) in [6, 6.07) is 13.8. The van der Waals surface area contributed by atoms with Crippen LogP contribution in [0.1, 0.15) is 46.6 Å². The number of benzene rings is 2. The summed E-state index contributed by atoms with van der Waals surface area (Å²) in [5, 5.41) is 2.56. The van der Waals surface area contributed by atoms with Gasteiger partial charge in [0.25, 0.3) is 10.0 Å². The highest BCUT2D eigenvalue weighted by molar-refractivity contribution is 9.10. The van der Waals surface area contributed by atoms with Crippen molar-refractivity contribution < 1.29 is 32.3 Å². The van der Waals surface area contributed by atoms with E-state index < -0.39 is 39.8 Å². The second-order valence-electron chi connectivity index (χ2n) is 9.19. The van der Waals surface area contributed by atoms with Gasteiger partial charge in [0.15, 0.2) is 6.04 Å². The number of amides is 1. The smallest absolute Gasteiger partial charge is 0.407 e. The van der Waals surface area contributed by atoms with Crippen LogP contribution in [0.15, 0.2) is 64.0 Å². The van der Waals surface area contributed by atoms with Crippen molar-refractivity contribution in [2.24, 2.45) is 0 Å². The third-order valence-electron chi connectivity index (χ3n) is 4.50. The average molecular weight is 586 g/mol. The maximum atomic E-state index is 13.5. The SMILES string of the molecule is CC(C)ON([C@H](CCNC(=O)OCc1ccccc1)C(=O)OC(C)(C)C)S(=O)(=O)c1ccc(Br)cc1. The first-order chi connectivity index (χ1) is 16.8. The Morgan fingerprint density at radius 2 is 1.64 bits per heavy atom. The fourth-order valence-corrected chi connectivity index (χ4v) is 4.74. The number of hydrogen-bond acceptors (Lipinski definition) is 7. The van der Waals surface area contributed by atoms with E-state index >= 15 is 0 Å². The first-order valence-electron chi connectivity index (χ1n) is 11.4. The van der Waals surface area contributed by atoms with Crippen LogP contribution in [0.5, 0.6) is 0 Å². The van der Waals surface area contributed by atoms with Crippen molar-refractivity contribution in [3.63, 3.8) is 0 Å². The Morgan fingerprint density at radius 1 is 1.03 bits per heavy atom. The van der Waals surface area contributed by atoms with Gasteiger partial charge in [-0.05, 0) is 70.9 Å². The Labute approximate surface area is 221 Å². The van der Waals surface area contributed by atoms with Crippen LogP contribution in [0.3, 0.4) is 0 Å². The minimum absolute atomic E-state index is 0.0601. The summed E-state index contributed by atoms with van der Waals surface area (Å²) < 4.78 is 39.1. The molecule has 11 heteroatoms. The number of carbonyl (C=O) groups excluding carboxylic acids is 2. The van der Waals surface area contributed by atoms with Gasteiger partial charge in [0, 0.05) is 11.0 Å². The third kappa shape index (κ3) is 9.53. The van der Waals surface area contributed by atoms with Crippen molar-refractivity contribution in [3.8, 4) is 0 Å². The van der Waals surface area contributed by atoms with Crippen molar-refractivity contribution in [1.29, 1.82) is 0 Å². The van der Waals surface area contributed by atoms with Gasteiger partial charge in [-0.2, -0.15) is 0 Å². The molecule has 2 rings (SSSR count). The van der Waals surface area contributed by atoms with Crippen molar-refractivity contribution in [2.75, 3.05) is 6.54 Å². The van der Waals surface area contributed by atoms with Crippen molar-refractivity contribution in [1.82, 2.24) is 9.79 Å². The number of sulfonamides is 1. The molecule has 198 valence electrons. The van der Waals surface area contributed by atoms with E-state index in [1.54, 1.807) is 46.8 Å². The summed E-state index contributed by atoms with van der Waals surface area (Å²) in [7, 11) is -4.26. The second kappa shape index (κ2) is 13.2. The first kappa shape index (κ1) is 29.8.